The number of hydrogen-bond donors (Lipinski definition) is 2. The average Bonchev–Trinajstić information content (AvgIpc) is 2.82. The Morgan fingerprint density at radius 3 is 1.71 bits per heavy atom. The molecule has 6 nitrogen and oxygen atoms in total. The number of hydrogen-bond acceptors (Lipinski definition) is 6. The summed E-state index contributed by atoms with van der Waals surface area (Å²) in [4.78, 5) is 24.0. The molecule has 0 heterocycles. The van der Waals surface area contributed by atoms with Gasteiger partial charge < -0.3 is 19.7 Å². The van der Waals surface area contributed by atoms with Crippen molar-refractivity contribution in [1.82, 2.24) is 0 Å². The van der Waals surface area contributed by atoms with E-state index in [-0.39, 0.29) is 24.4 Å². The molecule has 2 unspecified atom stereocenters. The van der Waals surface area contributed by atoms with E-state index in [4.69, 9.17) is 9.47 Å². The maximum Gasteiger partial charge on any atom is 0.336 e. The lowest BCUT2D eigenvalue weighted by atomic mass is 10.0. The minimum absolute atomic E-state index is 0.00720. The summed E-state index contributed by atoms with van der Waals surface area (Å²) < 4.78 is 10.1. The number of aliphatic hydroxyl groups excluding tert-OH is 2. The van der Waals surface area contributed by atoms with Crippen molar-refractivity contribution in [3.8, 4) is 0 Å². The van der Waals surface area contributed by atoms with E-state index in [1.165, 1.54) is 0 Å². The van der Waals surface area contributed by atoms with Crippen molar-refractivity contribution in [3.63, 3.8) is 0 Å². The van der Waals surface area contributed by atoms with Gasteiger partial charge in [-0.2, -0.15) is 0 Å². The van der Waals surface area contributed by atoms with Crippen LogP contribution in [0.1, 0.15) is 29.8 Å². The Morgan fingerprint density at radius 2 is 1.23 bits per heavy atom. The van der Waals surface area contributed by atoms with Crippen molar-refractivity contribution < 1.29 is 29.3 Å². The van der Waals surface area contributed by atoms with Gasteiger partial charge in [0.25, 0.3) is 0 Å². The summed E-state index contributed by atoms with van der Waals surface area (Å²) >= 11 is 0. The number of carbonyl (C=O) groups excluding carboxylic acids is 2. The molecule has 0 aliphatic rings. The second kappa shape index (κ2) is 12.3. The number of rotatable bonds is 11. The van der Waals surface area contributed by atoms with E-state index in [9.17, 15) is 19.8 Å². The van der Waals surface area contributed by atoms with Crippen molar-refractivity contribution in [1.29, 1.82) is 0 Å². The van der Waals surface area contributed by atoms with E-state index in [2.05, 4.69) is 13.2 Å². The Morgan fingerprint density at radius 1 is 0.774 bits per heavy atom. The topological polar surface area (TPSA) is 93.1 Å². The fraction of sp³-hybridized carbons (Fsp3) is 0.200. The molecule has 162 valence electrons. The number of carbonyl (C=O) groups is 2. The normalized spacial score (nSPS) is 12.7. The van der Waals surface area contributed by atoms with Crippen molar-refractivity contribution >= 4 is 11.9 Å². The standard InChI is InChI=1S/C25H26O6/c1-18(22(26)20-12-6-3-7-13-20)24(28)30-16-10-5-11-17-31-25(29)19(2)23(27)21-14-8-4-9-15-21/h3-10,12-15,22-23,26-27H,1-2,11,16-17H2/b10-5+. The summed E-state index contributed by atoms with van der Waals surface area (Å²) in [6.45, 7) is 7.28. The van der Waals surface area contributed by atoms with E-state index < -0.39 is 24.1 Å². The van der Waals surface area contributed by atoms with E-state index in [1.807, 2.05) is 6.07 Å². The Bertz CT molecular complexity index is 918. The monoisotopic (exact) mass is 422 g/mol. The lowest BCUT2D eigenvalue weighted by Gasteiger charge is -2.13. The third-order valence-corrected chi connectivity index (χ3v) is 4.41. The Kier molecular flexibility index (Phi) is 9.42. The van der Waals surface area contributed by atoms with Crippen LogP contribution < -0.4 is 0 Å². The van der Waals surface area contributed by atoms with Crippen LogP contribution >= 0.6 is 0 Å². The van der Waals surface area contributed by atoms with Crippen molar-refractivity contribution in [3.05, 3.63) is 108 Å². The second-order valence-corrected chi connectivity index (χ2v) is 6.67. The number of benzene rings is 2. The first kappa shape index (κ1) is 23.8. The molecule has 0 amide bonds. The summed E-state index contributed by atoms with van der Waals surface area (Å²) in [5.74, 6) is -1.37. The van der Waals surface area contributed by atoms with Crippen LogP contribution in [0.15, 0.2) is 97.1 Å². The molecule has 6 heteroatoms. The summed E-state index contributed by atoms with van der Waals surface area (Å²) in [5.41, 5.74) is 1.02. The van der Waals surface area contributed by atoms with E-state index in [0.29, 0.717) is 17.5 Å². The molecular weight excluding hydrogens is 396 g/mol. The van der Waals surface area contributed by atoms with Gasteiger partial charge in [-0.25, -0.2) is 9.59 Å². The lowest BCUT2D eigenvalue weighted by Crippen LogP contribution is -2.14. The van der Waals surface area contributed by atoms with Gasteiger partial charge >= 0.3 is 11.9 Å². The van der Waals surface area contributed by atoms with Gasteiger partial charge in [0.1, 0.15) is 18.8 Å². The van der Waals surface area contributed by atoms with Gasteiger partial charge in [0.15, 0.2) is 0 Å². The van der Waals surface area contributed by atoms with Gasteiger partial charge in [-0.05, 0) is 17.5 Å². The van der Waals surface area contributed by atoms with Gasteiger partial charge in [0.05, 0.1) is 17.8 Å². The van der Waals surface area contributed by atoms with Gasteiger partial charge in [-0.3, -0.25) is 0 Å². The van der Waals surface area contributed by atoms with Crippen LogP contribution in [0.4, 0.5) is 0 Å². The van der Waals surface area contributed by atoms with Crippen LogP contribution in [-0.2, 0) is 19.1 Å². The predicted octanol–water partition coefficient (Wildman–Crippen LogP) is 3.60. The Labute approximate surface area is 181 Å². The average molecular weight is 422 g/mol. The largest absolute Gasteiger partial charge is 0.462 e. The summed E-state index contributed by atoms with van der Waals surface area (Å²) in [6.07, 6.45) is 1.43. The minimum Gasteiger partial charge on any atom is -0.462 e. The molecule has 0 saturated heterocycles. The van der Waals surface area contributed by atoms with Crippen molar-refractivity contribution in [2.45, 2.75) is 18.6 Å². The quantitative estimate of drug-likeness (QED) is 0.249. The molecule has 0 saturated carbocycles. The fourth-order valence-electron chi connectivity index (χ4n) is 2.61. The maximum atomic E-state index is 12.0. The molecule has 2 aromatic carbocycles. The molecule has 0 bridgehead atoms. The van der Waals surface area contributed by atoms with Gasteiger partial charge in [0.2, 0.25) is 0 Å². The van der Waals surface area contributed by atoms with Crippen LogP contribution in [0.2, 0.25) is 0 Å². The highest BCUT2D eigenvalue weighted by Gasteiger charge is 2.20. The SMILES string of the molecule is C=C(C(=O)OC/C=C/CCOC(=O)C(=C)C(O)c1ccccc1)C(O)c1ccccc1. The molecule has 2 atom stereocenters. The van der Waals surface area contributed by atoms with E-state index in [0.717, 1.165) is 0 Å². The fourth-order valence-corrected chi connectivity index (χ4v) is 2.61. The first-order chi connectivity index (χ1) is 14.9. The highest BCUT2D eigenvalue weighted by Crippen LogP contribution is 2.21. The first-order valence-corrected chi connectivity index (χ1v) is 9.74. The Hall–Kier alpha value is -3.48. The van der Waals surface area contributed by atoms with Crippen LogP contribution in [0.5, 0.6) is 0 Å². The first-order valence-electron chi connectivity index (χ1n) is 9.74. The molecule has 31 heavy (non-hydrogen) atoms. The molecule has 0 aliphatic carbocycles. The number of ether oxygens (including phenoxy) is 2. The predicted molar refractivity (Wildman–Crippen MR) is 117 cm³/mol. The summed E-state index contributed by atoms with van der Waals surface area (Å²) in [5, 5.41) is 20.3. The molecular formula is C25H26O6. The third kappa shape index (κ3) is 7.37. The molecule has 0 radical (unpaired) electrons. The highest BCUT2D eigenvalue weighted by atomic mass is 16.5. The zero-order valence-corrected chi connectivity index (χ0v) is 17.1. The van der Waals surface area contributed by atoms with Crippen molar-refractivity contribution in [2.75, 3.05) is 13.2 Å². The summed E-state index contributed by atoms with van der Waals surface area (Å²) in [7, 11) is 0. The van der Waals surface area contributed by atoms with Gasteiger partial charge in [0, 0.05) is 0 Å². The molecule has 0 spiro atoms. The van der Waals surface area contributed by atoms with Crippen LogP contribution in [-0.4, -0.2) is 35.4 Å². The van der Waals surface area contributed by atoms with Gasteiger partial charge in [-0.15, -0.1) is 0 Å². The summed E-state index contributed by atoms with van der Waals surface area (Å²) in [6, 6.07) is 17.4. The van der Waals surface area contributed by atoms with E-state index >= 15 is 0 Å². The Balaban J connectivity index is 1.66. The van der Waals surface area contributed by atoms with Gasteiger partial charge in [-0.1, -0.05) is 86.0 Å². The third-order valence-electron chi connectivity index (χ3n) is 4.41. The molecule has 2 N–H and O–H groups in total. The molecule has 0 fully saturated rings. The lowest BCUT2D eigenvalue weighted by molar-refractivity contribution is -0.140. The highest BCUT2D eigenvalue weighted by molar-refractivity contribution is 5.89. The molecule has 2 aromatic rings. The zero-order chi connectivity index (χ0) is 22.6. The smallest absolute Gasteiger partial charge is 0.336 e. The van der Waals surface area contributed by atoms with Crippen LogP contribution in [0, 0.1) is 0 Å². The zero-order valence-electron chi connectivity index (χ0n) is 17.1. The second-order valence-electron chi connectivity index (χ2n) is 6.67. The minimum atomic E-state index is -1.13. The number of esters is 2. The molecule has 0 aromatic heterocycles. The van der Waals surface area contributed by atoms with Crippen LogP contribution in [0.3, 0.4) is 0 Å². The number of aliphatic hydroxyl groups is 2. The molecule has 2 rings (SSSR count). The van der Waals surface area contributed by atoms with Crippen molar-refractivity contribution in [2.24, 2.45) is 0 Å². The van der Waals surface area contributed by atoms with Crippen LogP contribution in [0.25, 0.3) is 0 Å². The molecule has 0 aliphatic heterocycles. The van der Waals surface area contributed by atoms with E-state index in [1.54, 1.807) is 66.7 Å². The maximum absolute atomic E-state index is 12.0.